The molecule has 1 heterocycles. The van der Waals surface area contributed by atoms with Gasteiger partial charge in [-0.05, 0) is 23.1 Å². The Hall–Kier alpha value is -0.960. The van der Waals surface area contributed by atoms with E-state index in [4.69, 9.17) is 0 Å². The number of nitrogens with zero attached hydrogens (tertiary/aromatic N) is 1. The highest BCUT2D eigenvalue weighted by molar-refractivity contribution is 8.18. The van der Waals surface area contributed by atoms with Crippen LogP contribution >= 0.6 is 23.5 Å². The molecule has 0 bridgehead atoms. The Morgan fingerprint density at radius 1 is 1.36 bits per heavy atom. The van der Waals surface area contributed by atoms with Gasteiger partial charge in [-0.2, -0.15) is 4.99 Å². The van der Waals surface area contributed by atoms with E-state index >= 15 is 0 Å². The van der Waals surface area contributed by atoms with Crippen LogP contribution in [0.4, 0.5) is 0 Å². The monoisotopic (exact) mass is 221 g/mol. The van der Waals surface area contributed by atoms with E-state index in [1.54, 1.807) is 17.8 Å². The van der Waals surface area contributed by atoms with Crippen molar-refractivity contribution in [2.75, 3.05) is 0 Å². The van der Waals surface area contributed by atoms with Crippen molar-refractivity contribution in [1.82, 2.24) is 0 Å². The van der Waals surface area contributed by atoms with Crippen LogP contribution in [0.25, 0.3) is 6.08 Å². The predicted molar refractivity (Wildman–Crippen MR) is 60.8 cm³/mol. The minimum Gasteiger partial charge on any atom is -0.211 e. The lowest BCUT2D eigenvalue weighted by molar-refractivity contribution is 0.564. The van der Waals surface area contributed by atoms with Crippen molar-refractivity contribution >= 4 is 35.7 Å². The second-order valence-corrected chi connectivity index (χ2v) is 5.03. The third-order valence-corrected chi connectivity index (χ3v) is 3.93. The van der Waals surface area contributed by atoms with Gasteiger partial charge in [0.05, 0.1) is 0 Å². The average molecular weight is 221 g/mol. The van der Waals surface area contributed by atoms with Gasteiger partial charge in [-0.15, -0.1) is 0 Å². The summed E-state index contributed by atoms with van der Waals surface area (Å²) in [7, 11) is 0. The van der Waals surface area contributed by atoms with Crippen molar-refractivity contribution in [3.05, 3.63) is 35.2 Å². The molecule has 0 aliphatic carbocycles. The summed E-state index contributed by atoms with van der Waals surface area (Å²) >= 11 is 3.09. The fourth-order valence-corrected chi connectivity index (χ4v) is 3.07. The second-order valence-electron chi connectivity index (χ2n) is 2.62. The number of benzene rings is 1. The molecule has 1 aromatic rings. The number of carbonyl (C=O) groups excluding carboxylic acids is 1. The number of fused-ring (bicyclic) bond motifs is 1. The molecular formula is C10H7NOS2. The summed E-state index contributed by atoms with van der Waals surface area (Å²) < 4.78 is -0.104. The standard InChI is InChI=1S/C10H7NOS2/c12-7-11-10-13-6-5-8-3-1-2-4-9(8)14-10/h1-6,10H. The van der Waals surface area contributed by atoms with Crippen LogP contribution in [0, 0.1) is 0 Å². The summed E-state index contributed by atoms with van der Waals surface area (Å²) in [6, 6.07) is 8.06. The average Bonchev–Trinajstić information content (AvgIpc) is 2.40. The number of rotatable bonds is 1. The van der Waals surface area contributed by atoms with Crippen LogP contribution in [0.15, 0.2) is 39.6 Å². The molecule has 0 saturated carbocycles. The van der Waals surface area contributed by atoms with Gasteiger partial charge >= 0.3 is 0 Å². The van der Waals surface area contributed by atoms with E-state index < -0.39 is 0 Å². The molecule has 2 rings (SSSR count). The molecule has 1 atom stereocenters. The second kappa shape index (κ2) is 4.51. The van der Waals surface area contributed by atoms with Gasteiger partial charge < -0.3 is 0 Å². The first-order valence-corrected chi connectivity index (χ1v) is 5.87. The first-order valence-electron chi connectivity index (χ1n) is 4.05. The number of aliphatic imine (C=N–C) groups is 1. The number of hydrogen-bond donors (Lipinski definition) is 0. The topological polar surface area (TPSA) is 29.4 Å². The van der Waals surface area contributed by atoms with E-state index in [2.05, 4.69) is 4.99 Å². The molecule has 1 aromatic carbocycles. The third-order valence-electron chi connectivity index (χ3n) is 1.75. The maximum absolute atomic E-state index is 10.2. The molecule has 1 aliphatic rings. The lowest BCUT2D eigenvalue weighted by Crippen LogP contribution is -1.88. The summed E-state index contributed by atoms with van der Waals surface area (Å²) in [5.74, 6) is 0. The minimum atomic E-state index is -0.104. The van der Waals surface area contributed by atoms with Crippen LogP contribution in [0.5, 0.6) is 0 Å². The van der Waals surface area contributed by atoms with E-state index in [0.29, 0.717) is 0 Å². The molecule has 0 fully saturated rings. The van der Waals surface area contributed by atoms with Crippen molar-refractivity contribution in [2.24, 2.45) is 4.99 Å². The molecular weight excluding hydrogens is 214 g/mol. The van der Waals surface area contributed by atoms with E-state index in [0.717, 1.165) is 4.90 Å². The molecule has 0 aromatic heterocycles. The maximum atomic E-state index is 10.2. The SMILES string of the molecule is O=C=NC1SC=Cc2ccccc2S1. The van der Waals surface area contributed by atoms with E-state index in [1.807, 2.05) is 35.7 Å². The first-order chi connectivity index (χ1) is 6.90. The van der Waals surface area contributed by atoms with Gasteiger partial charge in [0.2, 0.25) is 6.08 Å². The maximum Gasteiger partial charge on any atom is 0.237 e. The molecule has 0 saturated heterocycles. The largest absolute Gasteiger partial charge is 0.237 e. The zero-order chi connectivity index (χ0) is 9.80. The molecule has 14 heavy (non-hydrogen) atoms. The summed E-state index contributed by atoms with van der Waals surface area (Å²) in [6.07, 6.45) is 3.63. The molecule has 70 valence electrons. The highest BCUT2D eigenvalue weighted by atomic mass is 32.2. The molecule has 0 spiro atoms. The normalized spacial score (nSPS) is 19.3. The van der Waals surface area contributed by atoms with Gasteiger partial charge in [-0.3, -0.25) is 0 Å². The lowest BCUT2D eigenvalue weighted by Gasteiger charge is -2.05. The Balaban J connectivity index is 2.33. The number of thioether (sulfide) groups is 2. The van der Waals surface area contributed by atoms with Crippen molar-refractivity contribution in [3.63, 3.8) is 0 Å². The summed E-state index contributed by atoms with van der Waals surface area (Å²) in [4.78, 5) is 15.0. The van der Waals surface area contributed by atoms with Gasteiger partial charge in [-0.25, -0.2) is 4.79 Å². The predicted octanol–water partition coefficient (Wildman–Crippen LogP) is 3.12. The van der Waals surface area contributed by atoms with Gasteiger partial charge in [0, 0.05) is 4.90 Å². The molecule has 4 heteroatoms. The van der Waals surface area contributed by atoms with Crippen LogP contribution < -0.4 is 0 Å². The fourth-order valence-electron chi connectivity index (χ4n) is 1.14. The summed E-state index contributed by atoms with van der Waals surface area (Å²) in [6.45, 7) is 0. The van der Waals surface area contributed by atoms with Crippen LogP contribution in [-0.4, -0.2) is 10.8 Å². The Morgan fingerprint density at radius 2 is 2.21 bits per heavy atom. The van der Waals surface area contributed by atoms with Crippen molar-refractivity contribution in [2.45, 2.75) is 9.60 Å². The van der Waals surface area contributed by atoms with Gasteiger partial charge in [-0.1, -0.05) is 41.7 Å². The van der Waals surface area contributed by atoms with Crippen LogP contribution in [0.1, 0.15) is 5.56 Å². The molecule has 2 nitrogen and oxygen atoms in total. The van der Waals surface area contributed by atoms with Gasteiger partial charge in [0.15, 0.2) is 4.71 Å². The lowest BCUT2D eigenvalue weighted by atomic mass is 10.2. The Morgan fingerprint density at radius 3 is 3.07 bits per heavy atom. The Bertz CT molecular complexity index is 410. The number of hydrogen-bond acceptors (Lipinski definition) is 4. The van der Waals surface area contributed by atoms with Crippen molar-refractivity contribution in [1.29, 1.82) is 0 Å². The van der Waals surface area contributed by atoms with Gasteiger partial charge in [0.25, 0.3) is 0 Å². The molecule has 1 aliphatic heterocycles. The molecule has 0 amide bonds. The van der Waals surface area contributed by atoms with E-state index in [9.17, 15) is 4.79 Å². The highest BCUT2D eigenvalue weighted by Gasteiger charge is 2.12. The zero-order valence-electron chi connectivity index (χ0n) is 7.21. The van der Waals surface area contributed by atoms with Crippen LogP contribution in [0.2, 0.25) is 0 Å². The van der Waals surface area contributed by atoms with Crippen molar-refractivity contribution in [3.8, 4) is 0 Å². The minimum absolute atomic E-state index is 0.104. The third kappa shape index (κ3) is 2.10. The van der Waals surface area contributed by atoms with Gasteiger partial charge in [0.1, 0.15) is 0 Å². The molecule has 0 N–H and O–H groups in total. The fraction of sp³-hybridized carbons (Fsp3) is 0.100. The zero-order valence-corrected chi connectivity index (χ0v) is 8.85. The quantitative estimate of drug-likeness (QED) is 0.539. The Kier molecular flexibility index (Phi) is 3.09. The van der Waals surface area contributed by atoms with Crippen LogP contribution in [-0.2, 0) is 4.79 Å². The Labute approximate surface area is 90.5 Å². The molecule has 1 unspecified atom stereocenters. The first kappa shape index (κ1) is 9.59. The summed E-state index contributed by atoms with van der Waals surface area (Å²) in [5, 5.41) is 1.96. The molecule has 0 radical (unpaired) electrons. The summed E-state index contributed by atoms with van der Waals surface area (Å²) in [5.41, 5.74) is 1.17. The smallest absolute Gasteiger partial charge is 0.211 e. The van der Waals surface area contributed by atoms with E-state index in [1.165, 1.54) is 17.3 Å². The highest BCUT2D eigenvalue weighted by Crippen LogP contribution is 2.37. The van der Waals surface area contributed by atoms with E-state index in [-0.39, 0.29) is 4.71 Å². The van der Waals surface area contributed by atoms with Crippen LogP contribution in [0.3, 0.4) is 0 Å². The van der Waals surface area contributed by atoms with Crippen molar-refractivity contribution < 1.29 is 4.79 Å². The number of isocyanates is 1.